The average Bonchev–Trinajstić information content (AvgIpc) is 3.73. The Labute approximate surface area is 220 Å². The van der Waals surface area contributed by atoms with Gasteiger partial charge in [-0.15, -0.1) is 0 Å². The second-order valence-electron chi connectivity index (χ2n) is 10.2. The number of nitrogens with zero attached hydrogens (tertiary/aromatic N) is 6. The van der Waals surface area contributed by atoms with Crippen LogP contribution in [0.4, 0.5) is 0 Å². The summed E-state index contributed by atoms with van der Waals surface area (Å²) < 4.78 is 8.59. The van der Waals surface area contributed by atoms with Crippen LogP contribution in [0.1, 0.15) is 22.8 Å². The van der Waals surface area contributed by atoms with Crippen LogP contribution in [0.15, 0.2) is 61.2 Å². The Bertz CT molecular complexity index is 1890. The summed E-state index contributed by atoms with van der Waals surface area (Å²) in [5.41, 5.74) is 10.3. The maximum absolute atomic E-state index is 5.15. The van der Waals surface area contributed by atoms with Crippen LogP contribution in [-0.4, -0.2) is 29.1 Å². The van der Waals surface area contributed by atoms with E-state index >= 15 is 0 Å². The Hall–Kier alpha value is -4.72. The minimum Gasteiger partial charge on any atom is -0.355 e. The molecule has 7 rings (SSSR count). The third-order valence-electron chi connectivity index (χ3n) is 7.50. The summed E-state index contributed by atoms with van der Waals surface area (Å²) in [7, 11) is 8.30. The van der Waals surface area contributed by atoms with Crippen molar-refractivity contribution in [3.8, 4) is 22.8 Å². The van der Waals surface area contributed by atoms with Crippen LogP contribution in [0.2, 0.25) is 0 Å². The molecule has 0 aliphatic carbocycles. The van der Waals surface area contributed by atoms with Crippen LogP contribution in [0.3, 0.4) is 0 Å². The Kier molecular flexibility index (Phi) is 4.97. The number of hydrogen-bond acceptors (Lipinski definition) is 2. The fraction of sp³-hybridized carbons (Fsp3) is 0.200. The van der Waals surface area contributed by atoms with Crippen molar-refractivity contribution in [1.29, 1.82) is 0 Å². The number of H-pyrrole nitrogens is 2. The van der Waals surface area contributed by atoms with Crippen molar-refractivity contribution >= 4 is 34.2 Å². The molecule has 0 amide bonds. The molecule has 2 aliphatic rings. The molecule has 8 nitrogen and oxygen atoms in total. The van der Waals surface area contributed by atoms with E-state index in [9.17, 15) is 0 Å². The molecule has 0 fully saturated rings. The molecule has 0 saturated carbocycles. The van der Waals surface area contributed by atoms with Crippen molar-refractivity contribution in [2.45, 2.75) is 12.8 Å². The van der Waals surface area contributed by atoms with Gasteiger partial charge in [-0.1, -0.05) is 0 Å². The summed E-state index contributed by atoms with van der Waals surface area (Å²) in [6, 6.07) is 12.8. The van der Waals surface area contributed by atoms with Gasteiger partial charge in [-0.25, -0.2) is 23.3 Å². The minimum absolute atomic E-state index is 0.891. The second kappa shape index (κ2) is 8.41. The van der Waals surface area contributed by atoms with Gasteiger partial charge in [0, 0.05) is 16.7 Å². The lowest BCUT2D eigenvalue weighted by molar-refractivity contribution is -0.659. The molecular weight excluding hydrogens is 472 g/mol. The number of imidazole rings is 2. The highest BCUT2D eigenvalue weighted by Gasteiger charge is 2.24. The predicted molar refractivity (Wildman–Crippen MR) is 149 cm³/mol. The number of nitrogens with one attached hydrogen (secondary N) is 2. The third kappa shape index (κ3) is 3.60. The lowest BCUT2D eigenvalue weighted by Crippen LogP contribution is -2.29. The summed E-state index contributed by atoms with van der Waals surface area (Å²) in [4.78, 5) is 17.5. The van der Waals surface area contributed by atoms with Crippen molar-refractivity contribution < 1.29 is 9.13 Å². The molecule has 188 valence electrons. The van der Waals surface area contributed by atoms with E-state index in [2.05, 4.69) is 130 Å². The fourth-order valence-electron chi connectivity index (χ4n) is 5.70. The molecule has 5 aromatic rings. The molecule has 0 atom stereocenters. The minimum atomic E-state index is 0.891. The van der Waals surface area contributed by atoms with Crippen molar-refractivity contribution in [3.05, 3.63) is 84.0 Å². The molecule has 0 unspecified atom stereocenters. The van der Waals surface area contributed by atoms with Crippen LogP contribution < -0.4 is 9.13 Å². The van der Waals surface area contributed by atoms with E-state index in [1.807, 2.05) is 0 Å². The average molecular weight is 503 g/mol. The maximum Gasteiger partial charge on any atom is 0.292 e. The molecule has 38 heavy (non-hydrogen) atoms. The molecule has 0 aromatic carbocycles. The number of aromatic nitrogens is 8. The van der Waals surface area contributed by atoms with E-state index in [1.165, 1.54) is 0 Å². The summed E-state index contributed by atoms with van der Waals surface area (Å²) in [6.45, 7) is 0. The van der Waals surface area contributed by atoms with Crippen LogP contribution in [-0.2, 0) is 41.0 Å². The quantitative estimate of drug-likeness (QED) is 0.352. The van der Waals surface area contributed by atoms with Gasteiger partial charge in [0.1, 0.15) is 35.9 Å². The van der Waals surface area contributed by atoms with E-state index in [4.69, 9.17) is 9.97 Å². The first-order valence-corrected chi connectivity index (χ1v) is 12.9. The van der Waals surface area contributed by atoms with Gasteiger partial charge in [0.2, 0.25) is 0 Å². The number of fused-ring (bicyclic) bond motifs is 8. The van der Waals surface area contributed by atoms with Crippen LogP contribution >= 0.6 is 0 Å². The molecule has 8 bridgehead atoms. The van der Waals surface area contributed by atoms with E-state index in [-0.39, 0.29) is 0 Å². The van der Waals surface area contributed by atoms with E-state index < -0.39 is 0 Å². The lowest BCUT2D eigenvalue weighted by atomic mass is 10.1. The van der Waals surface area contributed by atoms with Crippen molar-refractivity contribution in [3.63, 3.8) is 0 Å². The molecule has 0 spiro atoms. The monoisotopic (exact) mass is 502 g/mol. The summed E-state index contributed by atoms with van der Waals surface area (Å²) >= 11 is 0. The topological polar surface area (TPSA) is 75.0 Å². The highest BCUT2D eigenvalue weighted by Crippen LogP contribution is 2.30. The lowest BCUT2D eigenvalue weighted by Gasteiger charge is -2.02. The van der Waals surface area contributed by atoms with Crippen molar-refractivity contribution in [1.82, 2.24) is 29.1 Å². The Morgan fingerprint density at radius 2 is 1.37 bits per heavy atom. The predicted octanol–water partition coefficient (Wildman–Crippen LogP) is 3.93. The summed E-state index contributed by atoms with van der Waals surface area (Å²) in [5.74, 6) is 2.19. The van der Waals surface area contributed by atoms with E-state index in [0.29, 0.717) is 0 Å². The van der Waals surface area contributed by atoms with Crippen LogP contribution in [0.5, 0.6) is 0 Å². The third-order valence-corrected chi connectivity index (χ3v) is 7.50. The number of aromatic amines is 2. The zero-order chi connectivity index (χ0) is 26.0. The molecule has 5 aromatic heterocycles. The molecule has 7 heterocycles. The van der Waals surface area contributed by atoms with Gasteiger partial charge in [-0.05, 0) is 61.4 Å². The van der Waals surface area contributed by atoms with Gasteiger partial charge < -0.3 is 9.97 Å². The maximum atomic E-state index is 5.15. The number of hydrogen-bond donors (Lipinski definition) is 2. The molecule has 8 heteroatoms. The van der Waals surface area contributed by atoms with E-state index in [1.54, 1.807) is 0 Å². The zero-order valence-corrected chi connectivity index (χ0v) is 22.0. The molecule has 0 radical (unpaired) electrons. The van der Waals surface area contributed by atoms with Crippen LogP contribution in [0, 0.1) is 0 Å². The van der Waals surface area contributed by atoms with Gasteiger partial charge in [-0.2, -0.15) is 0 Å². The van der Waals surface area contributed by atoms with Gasteiger partial charge in [0.25, 0.3) is 11.6 Å². The first kappa shape index (κ1) is 22.5. The standard InChI is InChI=1S/C30H29N8/c1-35-13-14-36(2)29(35)27-23-9-5-19(31-23)17-21-7-11-25(33-21)28(30-37(3)15-16-38(30)4)26-12-8-22(34-26)18-20-6-10-24(27)32-20/h5-7,9-11,13-18H,8,12H2,1-4H3,(H,31,32,33)/q+1/p+1. The zero-order valence-electron chi connectivity index (χ0n) is 22.0. The molecule has 0 saturated heterocycles. The first-order chi connectivity index (χ1) is 18.4. The van der Waals surface area contributed by atoms with Crippen molar-refractivity contribution in [2.24, 2.45) is 28.2 Å². The van der Waals surface area contributed by atoms with Gasteiger partial charge >= 0.3 is 0 Å². The van der Waals surface area contributed by atoms with Gasteiger partial charge in [-0.3, -0.25) is 4.98 Å². The van der Waals surface area contributed by atoms with Gasteiger partial charge in [0.05, 0.1) is 56.3 Å². The molecule has 2 aliphatic heterocycles. The normalized spacial score (nSPS) is 12.9. The first-order valence-electron chi connectivity index (χ1n) is 12.9. The summed E-state index contributed by atoms with van der Waals surface area (Å²) in [6.07, 6.45) is 14.3. The van der Waals surface area contributed by atoms with Crippen molar-refractivity contribution in [2.75, 3.05) is 0 Å². The highest BCUT2D eigenvalue weighted by atomic mass is 15.1. The SMILES string of the molecule is Cn1cc[n+](C)c1-c1c2nc(cc3ccc([nH]3)c(-c3n(C)cc[n+]3C)c3nc(cc4ccc1[nH]4)CC3)C=C2. The summed E-state index contributed by atoms with van der Waals surface area (Å²) in [5, 5.41) is 0. The second-order valence-corrected chi connectivity index (χ2v) is 10.2. The van der Waals surface area contributed by atoms with Crippen LogP contribution in [0.25, 0.3) is 57.0 Å². The highest BCUT2D eigenvalue weighted by molar-refractivity contribution is 5.88. The van der Waals surface area contributed by atoms with Gasteiger partial charge in [0.15, 0.2) is 0 Å². The molecule has 2 N–H and O–H groups in total. The smallest absolute Gasteiger partial charge is 0.292 e. The Balaban J connectivity index is 1.60. The largest absolute Gasteiger partial charge is 0.355 e. The Morgan fingerprint density at radius 1 is 0.737 bits per heavy atom. The number of rotatable bonds is 2. The van der Waals surface area contributed by atoms with E-state index in [0.717, 1.165) is 80.5 Å². The fourth-order valence-corrected chi connectivity index (χ4v) is 5.70. The molecular formula is C30H30N8+2. The Morgan fingerprint density at radius 3 is 2.03 bits per heavy atom. The number of aryl methyl sites for hydroxylation is 6.